The van der Waals surface area contributed by atoms with Gasteiger partial charge in [-0.15, -0.1) is 0 Å². The minimum absolute atomic E-state index is 0.206. The average molecular weight is 402 g/mol. The quantitative estimate of drug-likeness (QED) is 0.542. The van der Waals surface area contributed by atoms with Crippen molar-refractivity contribution in [1.82, 2.24) is 4.90 Å². The van der Waals surface area contributed by atoms with Crippen molar-refractivity contribution in [3.63, 3.8) is 0 Å². The van der Waals surface area contributed by atoms with Gasteiger partial charge in [-0.25, -0.2) is 9.98 Å². The van der Waals surface area contributed by atoms with Crippen LogP contribution in [-0.4, -0.2) is 68.6 Å². The highest BCUT2D eigenvalue weighted by molar-refractivity contribution is 6.78. The standard InChI is InChI=1S/C20H27N3O4Si/c1-5-26-17-11-21-18(27-6-2)16(22-17)12-28(3,4)13-23-19(24)14-9-7-8-10-15(14)20(23)25/h7-10,16H,5-6,11-13H2,1-4H3. The molecule has 1 aromatic rings. The third-order valence-corrected chi connectivity index (χ3v) is 7.43. The molecule has 0 aromatic heterocycles. The Morgan fingerprint density at radius 2 is 1.68 bits per heavy atom. The number of aliphatic imine (C=N–C) groups is 2. The molecule has 0 spiro atoms. The Bertz CT molecular complexity index is 799. The number of hydrogen-bond acceptors (Lipinski definition) is 6. The van der Waals surface area contributed by atoms with Crippen LogP contribution in [0.1, 0.15) is 34.6 Å². The molecule has 1 atom stereocenters. The molecule has 8 heteroatoms. The van der Waals surface area contributed by atoms with E-state index < -0.39 is 8.07 Å². The molecule has 28 heavy (non-hydrogen) atoms. The van der Waals surface area contributed by atoms with Crippen molar-refractivity contribution in [2.75, 3.05) is 25.9 Å². The number of nitrogens with zero attached hydrogens (tertiary/aromatic N) is 3. The lowest BCUT2D eigenvalue weighted by Crippen LogP contribution is -2.48. The van der Waals surface area contributed by atoms with Crippen LogP contribution in [0.3, 0.4) is 0 Å². The van der Waals surface area contributed by atoms with E-state index in [9.17, 15) is 9.59 Å². The molecule has 0 fully saturated rings. The molecule has 0 saturated heterocycles. The van der Waals surface area contributed by atoms with Crippen molar-refractivity contribution in [2.24, 2.45) is 9.98 Å². The van der Waals surface area contributed by atoms with Crippen LogP contribution in [0, 0.1) is 0 Å². The number of amides is 2. The minimum Gasteiger partial charge on any atom is -0.480 e. The predicted octanol–water partition coefficient (Wildman–Crippen LogP) is 2.78. The van der Waals surface area contributed by atoms with Crippen LogP contribution < -0.4 is 0 Å². The second kappa shape index (κ2) is 8.26. The number of benzene rings is 1. The highest BCUT2D eigenvalue weighted by Gasteiger charge is 2.40. The maximum atomic E-state index is 12.7. The molecule has 1 aromatic carbocycles. The number of ether oxygens (including phenoxy) is 2. The number of imide groups is 1. The molecular formula is C20H27N3O4Si. The first-order chi connectivity index (χ1) is 13.4. The second-order valence-electron chi connectivity index (χ2n) is 7.67. The summed E-state index contributed by atoms with van der Waals surface area (Å²) in [5, 5.41) is 0. The smallest absolute Gasteiger partial charge is 0.261 e. The van der Waals surface area contributed by atoms with Crippen LogP contribution in [-0.2, 0) is 9.47 Å². The van der Waals surface area contributed by atoms with Crippen LogP contribution >= 0.6 is 0 Å². The van der Waals surface area contributed by atoms with Gasteiger partial charge in [-0.05, 0) is 32.0 Å². The second-order valence-corrected chi connectivity index (χ2v) is 12.7. The van der Waals surface area contributed by atoms with Crippen LogP contribution in [0.25, 0.3) is 0 Å². The van der Waals surface area contributed by atoms with Crippen LogP contribution in [0.2, 0.25) is 19.1 Å². The van der Waals surface area contributed by atoms with Gasteiger partial charge in [0.15, 0.2) is 0 Å². The number of hydrogen-bond donors (Lipinski definition) is 0. The van der Waals surface area contributed by atoms with Gasteiger partial charge in [0.1, 0.15) is 12.6 Å². The van der Waals surface area contributed by atoms with Crippen LogP contribution in [0.4, 0.5) is 0 Å². The van der Waals surface area contributed by atoms with Crippen molar-refractivity contribution in [3.8, 4) is 0 Å². The Morgan fingerprint density at radius 3 is 2.25 bits per heavy atom. The molecule has 3 rings (SSSR count). The van der Waals surface area contributed by atoms with E-state index in [1.165, 1.54) is 4.90 Å². The van der Waals surface area contributed by atoms with Crippen molar-refractivity contribution in [2.45, 2.75) is 39.0 Å². The van der Waals surface area contributed by atoms with Gasteiger partial charge in [0, 0.05) is 6.17 Å². The molecule has 0 aliphatic carbocycles. The van der Waals surface area contributed by atoms with E-state index in [1.807, 2.05) is 13.8 Å². The largest absolute Gasteiger partial charge is 0.480 e. The fourth-order valence-electron chi connectivity index (χ4n) is 3.59. The summed E-state index contributed by atoms with van der Waals surface area (Å²) >= 11 is 0. The summed E-state index contributed by atoms with van der Waals surface area (Å²) in [5.74, 6) is 0.819. The third-order valence-electron chi connectivity index (χ3n) is 4.77. The number of carbonyl (C=O) groups excluding carboxylic acids is 2. The van der Waals surface area contributed by atoms with Crippen molar-refractivity contribution in [3.05, 3.63) is 35.4 Å². The monoisotopic (exact) mass is 401 g/mol. The zero-order chi connectivity index (χ0) is 20.3. The van der Waals surface area contributed by atoms with E-state index in [1.54, 1.807) is 24.3 Å². The Morgan fingerprint density at radius 1 is 1.07 bits per heavy atom. The first-order valence-corrected chi connectivity index (χ1v) is 13.1. The van der Waals surface area contributed by atoms with Gasteiger partial charge in [0.25, 0.3) is 11.8 Å². The molecule has 0 radical (unpaired) electrons. The molecular weight excluding hydrogens is 374 g/mol. The van der Waals surface area contributed by atoms with Gasteiger partial charge in [-0.2, -0.15) is 0 Å². The summed E-state index contributed by atoms with van der Waals surface area (Å²) in [7, 11) is -2.04. The highest BCUT2D eigenvalue weighted by atomic mass is 28.3. The summed E-state index contributed by atoms with van der Waals surface area (Å²) in [6.07, 6.45) is 0.439. The summed E-state index contributed by atoms with van der Waals surface area (Å²) < 4.78 is 11.2. The molecule has 0 N–H and O–H groups in total. The topological polar surface area (TPSA) is 80.6 Å². The Labute approximate surface area is 166 Å². The fraction of sp³-hybridized carbons (Fsp3) is 0.500. The molecule has 0 bridgehead atoms. The summed E-state index contributed by atoms with van der Waals surface area (Å²) in [5.41, 5.74) is 0.978. The highest BCUT2D eigenvalue weighted by Crippen LogP contribution is 2.26. The molecule has 7 nitrogen and oxygen atoms in total. The van der Waals surface area contributed by atoms with E-state index >= 15 is 0 Å². The molecule has 0 saturated carbocycles. The normalized spacial score (nSPS) is 19.3. The van der Waals surface area contributed by atoms with E-state index in [0.29, 0.717) is 48.8 Å². The minimum atomic E-state index is -2.04. The van der Waals surface area contributed by atoms with Gasteiger partial charge in [-0.1, -0.05) is 25.2 Å². The van der Waals surface area contributed by atoms with Crippen molar-refractivity contribution >= 4 is 31.7 Å². The van der Waals surface area contributed by atoms with Crippen LogP contribution in [0.5, 0.6) is 0 Å². The summed E-state index contributed by atoms with van der Waals surface area (Å²) in [6.45, 7) is 9.61. The number of carbonyl (C=O) groups is 2. The van der Waals surface area contributed by atoms with E-state index in [2.05, 4.69) is 18.1 Å². The molecule has 2 heterocycles. The lowest BCUT2D eigenvalue weighted by atomic mass is 10.1. The molecule has 2 amide bonds. The SMILES string of the molecule is CCOC1=NC(C[Si](C)(C)CN2C(=O)c3ccccc3C2=O)C(OCC)=NC1. The molecule has 2 aliphatic rings. The number of rotatable bonds is 6. The lowest BCUT2D eigenvalue weighted by molar-refractivity contribution is 0.0677. The fourth-order valence-corrected chi connectivity index (χ4v) is 6.18. The zero-order valence-electron chi connectivity index (χ0n) is 16.9. The van der Waals surface area contributed by atoms with Crippen molar-refractivity contribution < 1.29 is 19.1 Å². The molecule has 150 valence electrons. The maximum Gasteiger partial charge on any atom is 0.261 e. The number of fused-ring (bicyclic) bond motifs is 1. The molecule has 1 unspecified atom stereocenters. The van der Waals surface area contributed by atoms with Gasteiger partial charge in [-0.3, -0.25) is 14.5 Å². The lowest BCUT2D eigenvalue weighted by Gasteiger charge is -2.31. The first kappa shape index (κ1) is 20.3. The van der Waals surface area contributed by atoms with Gasteiger partial charge in [0.05, 0.1) is 32.4 Å². The maximum absolute atomic E-state index is 12.7. The van der Waals surface area contributed by atoms with Gasteiger partial charge >= 0.3 is 0 Å². The predicted molar refractivity (Wildman–Crippen MR) is 111 cm³/mol. The third kappa shape index (κ3) is 4.16. The van der Waals surface area contributed by atoms with Crippen molar-refractivity contribution in [1.29, 1.82) is 0 Å². The molecule has 2 aliphatic heterocycles. The average Bonchev–Trinajstić information content (AvgIpc) is 2.89. The van der Waals surface area contributed by atoms with E-state index in [-0.39, 0.29) is 17.9 Å². The van der Waals surface area contributed by atoms with Gasteiger partial charge < -0.3 is 9.47 Å². The van der Waals surface area contributed by atoms with Gasteiger partial charge in [0.2, 0.25) is 11.8 Å². The Hall–Kier alpha value is -2.48. The zero-order valence-corrected chi connectivity index (χ0v) is 17.9. The summed E-state index contributed by atoms with van der Waals surface area (Å²) in [4.78, 5) is 36.0. The summed E-state index contributed by atoms with van der Waals surface area (Å²) in [6, 6.07) is 7.48. The Balaban J connectivity index is 1.75. The van der Waals surface area contributed by atoms with E-state index in [4.69, 9.17) is 14.5 Å². The first-order valence-electron chi connectivity index (χ1n) is 9.68. The van der Waals surface area contributed by atoms with Crippen LogP contribution in [0.15, 0.2) is 34.3 Å². The Kier molecular flexibility index (Phi) is 5.98. The van der Waals surface area contributed by atoms with E-state index in [0.717, 1.165) is 6.04 Å².